The molecule has 1 heterocycles. The summed E-state index contributed by atoms with van der Waals surface area (Å²) in [7, 11) is 0. The minimum absolute atomic E-state index is 0.314. The van der Waals surface area contributed by atoms with Crippen molar-refractivity contribution in [3.8, 4) is 0 Å². The molecule has 0 aliphatic carbocycles. The molecule has 2 aromatic rings. The molecule has 0 amide bonds. The maximum absolute atomic E-state index is 5.76. The molecule has 4 heteroatoms. The molecule has 0 bridgehead atoms. The van der Waals surface area contributed by atoms with Gasteiger partial charge in [-0.25, -0.2) is 0 Å². The van der Waals surface area contributed by atoms with E-state index in [-0.39, 0.29) is 0 Å². The molecule has 86 valence electrons. The Labute approximate surface area is 99.7 Å². The topological polar surface area (TPSA) is 60.5 Å². The predicted molar refractivity (Wildman–Crippen MR) is 66.2 cm³/mol. The van der Waals surface area contributed by atoms with Gasteiger partial charge >= 0.3 is 0 Å². The quantitative estimate of drug-likeness (QED) is 0.493. The van der Waals surface area contributed by atoms with E-state index in [1.165, 1.54) is 0 Å². The number of nitrogens with zero attached hydrogens (tertiary/aromatic N) is 2. The third-order valence-electron chi connectivity index (χ3n) is 2.17. The van der Waals surface area contributed by atoms with Crippen molar-refractivity contribution in [3.63, 3.8) is 0 Å². The van der Waals surface area contributed by atoms with E-state index in [1.54, 1.807) is 6.20 Å². The maximum Gasteiger partial charge on any atom is 0.170 e. The van der Waals surface area contributed by atoms with E-state index >= 15 is 0 Å². The summed E-state index contributed by atoms with van der Waals surface area (Å²) in [6.45, 7) is 0.314. The molecule has 1 aromatic heterocycles. The molecule has 17 heavy (non-hydrogen) atoms. The minimum Gasteiger partial charge on any atom is -0.388 e. The average Bonchev–Trinajstić information content (AvgIpc) is 2.41. The highest BCUT2D eigenvalue weighted by Gasteiger charge is 1.97. The molecule has 2 rings (SSSR count). The molecule has 0 aliphatic rings. The van der Waals surface area contributed by atoms with E-state index in [9.17, 15) is 0 Å². The second-order valence-corrected chi connectivity index (χ2v) is 3.44. The van der Waals surface area contributed by atoms with Gasteiger partial charge in [0, 0.05) is 11.8 Å². The molecular weight excluding hydrogens is 214 g/mol. The lowest BCUT2D eigenvalue weighted by atomic mass is 10.2. The molecular formula is C13H13N3O. The van der Waals surface area contributed by atoms with Crippen molar-refractivity contribution in [3.05, 3.63) is 66.0 Å². The highest BCUT2D eigenvalue weighted by atomic mass is 16.6. The van der Waals surface area contributed by atoms with E-state index in [0.717, 1.165) is 11.3 Å². The van der Waals surface area contributed by atoms with Gasteiger partial charge in [-0.15, -0.1) is 0 Å². The molecule has 0 saturated carbocycles. The molecule has 0 fully saturated rings. The van der Waals surface area contributed by atoms with Gasteiger partial charge in [0.1, 0.15) is 0 Å². The summed E-state index contributed by atoms with van der Waals surface area (Å²) in [6.07, 6.45) is 1.71. The summed E-state index contributed by atoms with van der Waals surface area (Å²) in [4.78, 5) is 9.25. The first-order valence-corrected chi connectivity index (χ1v) is 5.27. The number of rotatable bonds is 4. The third-order valence-corrected chi connectivity index (χ3v) is 2.17. The van der Waals surface area contributed by atoms with Crippen LogP contribution in [0, 0.1) is 0 Å². The summed E-state index contributed by atoms with van der Waals surface area (Å²) in [5.41, 5.74) is 7.42. The van der Waals surface area contributed by atoms with Gasteiger partial charge in [0.25, 0.3) is 0 Å². The van der Waals surface area contributed by atoms with Crippen LogP contribution >= 0.6 is 0 Å². The first kappa shape index (κ1) is 11.1. The Hall–Kier alpha value is -2.36. The molecule has 0 aliphatic heterocycles. The Balaban J connectivity index is 1.93. The number of hydrogen-bond acceptors (Lipinski definition) is 3. The van der Waals surface area contributed by atoms with Gasteiger partial charge in [-0.3, -0.25) is 4.98 Å². The maximum atomic E-state index is 5.76. The van der Waals surface area contributed by atoms with Gasteiger partial charge in [-0.05, 0) is 12.1 Å². The fourth-order valence-electron chi connectivity index (χ4n) is 1.31. The number of amidine groups is 1. The normalized spacial score (nSPS) is 11.2. The van der Waals surface area contributed by atoms with Gasteiger partial charge in [-0.2, -0.15) is 0 Å². The van der Waals surface area contributed by atoms with E-state index in [0.29, 0.717) is 12.4 Å². The fraction of sp³-hybridized carbons (Fsp3) is 0.0769. The van der Waals surface area contributed by atoms with Crippen LogP contribution in [0.1, 0.15) is 11.3 Å². The van der Waals surface area contributed by atoms with Crippen molar-refractivity contribution in [2.45, 2.75) is 6.61 Å². The van der Waals surface area contributed by atoms with Crippen molar-refractivity contribution >= 4 is 5.84 Å². The number of oxime groups is 1. The van der Waals surface area contributed by atoms with Crippen LogP contribution in [-0.2, 0) is 11.4 Å². The Bertz CT molecular complexity index is 483. The van der Waals surface area contributed by atoms with E-state index < -0.39 is 0 Å². The molecule has 1 aromatic carbocycles. The monoisotopic (exact) mass is 227 g/mol. The average molecular weight is 227 g/mol. The first-order chi connectivity index (χ1) is 8.36. The summed E-state index contributed by atoms with van der Waals surface area (Å²) >= 11 is 0. The largest absolute Gasteiger partial charge is 0.388 e. The van der Waals surface area contributed by atoms with Crippen LogP contribution in [0.15, 0.2) is 59.9 Å². The van der Waals surface area contributed by atoms with E-state index in [2.05, 4.69) is 10.1 Å². The molecule has 0 unspecified atom stereocenters. The van der Waals surface area contributed by atoms with Crippen molar-refractivity contribution in [2.75, 3.05) is 0 Å². The first-order valence-electron chi connectivity index (χ1n) is 5.27. The summed E-state index contributed by atoms with van der Waals surface area (Å²) in [5.74, 6) is 0.363. The second-order valence-electron chi connectivity index (χ2n) is 3.44. The molecule has 0 atom stereocenters. The summed E-state index contributed by atoms with van der Waals surface area (Å²) in [5, 5.41) is 3.84. The number of pyridine rings is 1. The zero-order valence-corrected chi connectivity index (χ0v) is 9.28. The predicted octanol–water partition coefficient (Wildman–Crippen LogP) is 1.92. The van der Waals surface area contributed by atoms with Crippen LogP contribution in [0.3, 0.4) is 0 Å². The van der Waals surface area contributed by atoms with Crippen molar-refractivity contribution in [1.82, 2.24) is 4.98 Å². The number of nitrogens with two attached hydrogens (primary N) is 1. The second kappa shape index (κ2) is 5.65. The summed E-state index contributed by atoms with van der Waals surface area (Å²) < 4.78 is 0. The van der Waals surface area contributed by atoms with Crippen LogP contribution in [-0.4, -0.2) is 10.8 Å². The lowest BCUT2D eigenvalue weighted by molar-refractivity contribution is 0.127. The van der Waals surface area contributed by atoms with Crippen molar-refractivity contribution < 1.29 is 4.84 Å². The zero-order chi connectivity index (χ0) is 11.9. The number of benzene rings is 1. The smallest absolute Gasteiger partial charge is 0.170 e. The highest BCUT2D eigenvalue weighted by molar-refractivity contribution is 5.96. The number of aromatic nitrogens is 1. The van der Waals surface area contributed by atoms with Gasteiger partial charge in [0.05, 0.1) is 5.69 Å². The molecule has 0 spiro atoms. The van der Waals surface area contributed by atoms with Crippen LogP contribution in [0.4, 0.5) is 0 Å². The van der Waals surface area contributed by atoms with E-state index in [4.69, 9.17) is 10.6 Å². The highest BCUT2D eigenvalue weighted by Crippen LogP contribution is 2.00. The number of hydrogen-bond donors (Lipinski definition) is 1. The van der Waals surface area contributed by atoms with Crippen molar-refractivity contribution in [1.29, 1.82) is 0 Å². The van der Waals surface area contributed by atoms with Gasteiger partial charge < -0.3 is 10.6 Å². The minimum atomic E-state index is 0.314. The Morgan fingerprint density at radius 1 is 1.12 bits per heavy atom. The van der Waals surface area contributed by atoms with Crippen LogP contribution < -0.4 is 5.73 Å². The summed E-state index contributed by atoms with van der Waals surface area (Å²) in [6, 6.07) is 15.1. The standard InChI is InChI=1S/C13H13N3O/c14-13(11-6-2-1-3-7-11)16-17-10-12-8-4-5-9-15-12/h1-9H,10H2,(H2,14,16). The Morgan fingerprint density at radius 3 is 2.59 bits per heavy atom. The Kier molecular flexibility index (Phi) is 3.70. The fourth-order valence-corrected chi connectivity index (χ4v) is 1.31. The Morgan fingerprint density at radius 2 is 1.88 bits per heavy atom. The van der Waals surface area contributed by atoms with Gasteiger partial charge in [-0.1, -0.05) is 41.6 Å². The van der Waals surface area contributed by atoms with Gasteiger partial charge in [0.15, 0.2) is 12.4 Å². The molecule has 0 saturated heterocycles. The van der Waals surface area contributed by atoms with Crippen LogP contribution in [0.5, 0.6) is 0 Å². The van der Waals surface area contributed by atoms with Gasteiger partial charge in [0.2, 0.25) is 0 Å². The van der Waals surface area contributed by atoms with E-state index in [1.807, 2.05) is 48.5 Å². The SMILES string of the molecule is N/C(=N\OCc1ccccn1)c1ccccc1. The van der Waals surface area contributed by atoms with Crippen LogP contribution in [0.2, 0.25) is 0 Å². The molecule has 4 nitrogen and oxygen atoms in total. The molecule has 2 N–H and O–H groups in total. The third kappa shape index (κ3) is 3.31. The van der Waals surface area contributed by atoms with Crippen LogP contribution in [0.25, 0.3) is 0 Å². The zero-order valence-electron chi connectivity index (χ0n) is 9.28. The lowest BCUT2D eigenvalue weighted by Crippen LogP contribution is -2.13. The molecule has 0 radical (unpaired) electrons. The lowest BCUT2D eigenvalue weighted by Gasteiger charge is -2.01. The van der Waals surface area contributed by atoms with Crippen molar-refractivity contribution in [2.24, 2.45) is 10.9 Å².